The molecule has 2 heteroatoms. The minimum absolute atomic E-state index is 0.178. The van der Waals surface area contributed by atoms with Crippen molar-refractivity contribution in [2.75, 3.05) is 5.88 Å². The van der Waals surface area contributed by atoms with Crippen LogP contribution < -0.4 is 0 Å². The second kappa shape index (κ2) is 3.45. The van der Waals surface area contributed by atoms with E-state index in [-0.39, 0.29) is 5.41 Å². The highest BCUT2D eigenvalue weighted by Crippen LogP contribution is 2.43. The van der Waals surface area contributed by atoms with Gasteiger partial charge in [-0.25, -0.2) is 0 Å². The van der Waals surface area contributed by atoms with E-state index in [0.717, 1.165) is 18.8 Å². The summed E-state index contributed by atoms with van der Waals surface area (Å²) in [5.74, 6) is 1.26. The predicted octanol–water partition coefficient (Wildman–Crippen LogP) is 2.95. The highest BCUT2D eigenvalue weighted by atomic mass is 35.5. The van der Waals surface area contributed by atoms with E-state index in [1.807, 2.05) is 0 Å². The summed E-state index contributed by atoms with van der Waals surface area (Å²) in [7, 11) is 0. The molecule has 0 aromatic heterocycles. The molecule has 0 aromatic rings. The van der Waals surface area contributed by atoms with Gasteiger partial charge < -0.3 is 0 Å². The lowest BCUT2D eigenvalue weighted by molar-refractivity contribution is 0.428. The lowest BCUT2D eigenvalue weighted by atomic mass is 9.89. The third-order valence-corrected chi connectivity index (χ3v) is 3.29. The predicted molar refractivity (Wildman–Crippen MR) is 46.4 cm³/mol. The molecule has 1 fully saturated rings. The molecule has 11 heavy (non-hydrogen) atoms. The Morgan fingerprint density at radius 3 is 2.73 bits per heavy atom. The molecule has 2 unspecified atom stereocenters. The molecule has 0 saturated heterocycles. The smallest absolute Gasteiger partial charge is 0.0711 e. The standard InChI is InChI=1S/C9H14ClN/c1-2-8-3-4-9(5-8,6-10)7-11/h8H,2-6H2,1H3. The number of nitrogens with zero attached hydrogens (tertiary/aromatic N) is 1. The summed E-state index contributed by atoms with van der Waals surface area (Å²) in [6.07, 6.45) is 4.41. The van der Waals surface area contributed by atoms with Crippen LogP contribution in [0.1, 0.15) is 32.6 Å². The van der Waals surface area contributed by atoms with Gasteiger partial charge in [0.25, 0.3) is 0 Å². The van der Waals surface area contributed by atoms with E-state index in [1.165, 1.54) is 12.8 Å². The van der Waals surface area contributed by atoms with Gasteiger partial charge in [-0.15, -0.1) is 11.6 Å². The zero-order valence-electron chi connectivity index (χ0n) is 6.94. The maximum Gasteiger partial charge on any atom is 0.0711 e. The normalized spacial score (nSPS) is 37.0. The minimum atomic E-state index is -0.178. The quantitative estimate of drug-likeness (QED) is 0.586. The van der Waals surface area contributed by atoms with Gasteiger partial charge in [-0.2, -0.15) is 5.26 Å². The number of halogens is 1. The van der Waals surface area contributed by atoms with Crippen LogP contribution in [-0.4, -0.2) is 5.88 Å². The molecule has 1 aliphatic carbocycles. The second-order valence-electron chi connectivity index (χ2n) is 3.54. The van der Waals surface area contributed by atoms with Crippen molar-refractivity contribution in [3.05, 3.63) is 0 Å². The van der Waals surface area contributed by atoms with Crippen LogP contribution in [0.4, 0.5) is 0 Å². The first kappa shape index (κ1) is 8.87. The third kappa shape index (κ3) is 1.68. The lowest BCUT2D eigenvalue weighted by Gasteiger charge is -2.16. The van der Waals surface area contributed by atoms with Gasteiger partial charge in [0.15, 0.2) is 0 Å². The molecule has 1 aliphatic rings. The summed E-state index contributed by atoms with van der Waals surface area (Å²) in [5.41, 5.74) is -0.178. The van der Waals surface area contributed by atoms with Crippen LogP contribution in [0.15, 0.2) is 0 Å². The van der Waals surface area contributed by atoms with Gasteiger partial charge >= 0.3 is 0 Å². The van der Waals surface area contributed by atoms with Crippen LogP contribution in [-0.2, 0) is 0 Å². The maximum atomic E-state index is 8.90. The fourth-order valence-electron chi connectivity index (χ4n) is 1.84. The van der Waals surface area contributed by atoms with Gasteiger partial charge in [0, 0.05) is 5.88 Å². The van der Waals surface area contributed by atoms with E-state index < -0.39 is 0 Å². The van der Waals surface area contributed by atoms with E-state index in [1.54, 1.807) is 0 Å². The number of hydrogen-bond donors (Lipinski definition) is 0. The van der Waals surface area contributed by atoms with E-state index >= 15 is 0 Å². The molecule has 2 atom stereocenters. The van der Waals surface area contributed by atoms with Crippen LogP contribution in [0.2, 0.25) is 0 Å². The van der Waals surface area contributed by atoms with Crippen molar-refractivity contribution >= 4 is 11.6 Å². The van der Waals surface area contributed by atoms with Crippen LogP contribution in [0, 0.1) is 22.7 Å². The summed E-state index contributed by atoms with van der Waals surface area (Å²) in [5, 5.41) is 8.90. The van der Waals surface area contributed by atoms with Crippen LogP contribution in [0.3, 0.4) is 0 Å². The van der Waals surface area contributed by atoms with Gasteiger partial charge in [-0.1, -0.05) is 13.3 Å². The molecule has 0 N–H and O–H groups in total. The Morgan fingerprint density at radius 1 is 1.73 bits per heavy atom. The highest BCUT2D eigenvalue weighted by Gasteiger charge is 2.37. The summed E-state index contributed by atoms with van der Waals surface area (Å²) in [6, 6.07) is 2.36. The Labute approximate surface area is 73.3 Å². The van der Waals surface area contributed by atoms with Gasteiger partial charge in [-0.3, -0.25) is 0 Å². The largest absolute Gasteiger partial charge is 0.198 e. The first-order valence-corrected chi connectivity index (χ1v) is 4.77. The molecule has 62 valence electrons. The molecular weight excluding hydrogens is 158 g/mol. The van der Waals surface area contributed by atoms with Crippen molar-refractivity contribution in [1.82, 2.24) is 0 Å². The molecule has 0 spiro atoms. The van der Waals surface area contributed by atoms with E-state index in [9.17, 15) is 0 Å². The molecule has 1 rings (SSSR count). The Hall–Kier alpha value is -0.220. The number of nitriles is 1. The fourth-order valence-corrected chi connectivity index (χ4v) is 2.14. The van der Waals surface area contributed by atoms with Gasteiger partial charge in [0.05, 0.1) is 11.5 Å². The van der Waals surface area contributed by atoms with Gasteiger partial charge in [-0.05, 0) is 25.2 Å². The number of hydrogen-bond acceptors (Lipinski definition) is 1. The Balaban J connectivity index is 2.57. The zero-order valence-corrected chi connectivity index (χ0v) is 7.69. The molecule has 0 amide bonds. The molecule has 1 nitrogen and oxygen atoms in total. The van der Waals surface area contributed by atoms with Crippen molar-refractivity contribution in [1.29, 1.82) is 5.26 Å². The van der Waals surface area contributed by atoms with Gasteiger partial charge in [0.1, 0.15) is 0 Å². The van der Waals surface area contributed by atoms with Crippen LogP contribution in [0.25, 0.3) is 0 Å². The van der Waals surface area contributed by atoms with Crippen LogP contribution >= 0.6 is 11.6 Å². The Morgan fingerprint density at radius 2 is 2.45 bits per heavy atom. The average molecular weight is 172 g/mol. The molecule has 0 heterocycles. The number of rotatable bonds is 2. The number of alkyl halides is 1. The average Bonchev–Trinajstić information content (AvgIpc) is 2.49. The van der Waals surface area contributed by atoms with Crippen molar-refractivity contribution < 1.29 is 0 Å². The van der Waals surface area contributed by atoms with E-state index in [0.29, 0.717) is 5.88 Å². The lowest BCUT2D eigenvalue weighted by Crippen LogP contribution is -2.16. The molecule has 0 radical (unpaired) electrons. The van der Waals surface area contributed by atoms with Crippen molar-refractivity contribution in [2.24, 2.45) is 11.3 Å². The van der Waals surface area contributed by atoms with Crippen molar-refractivity contribution in [3.63, 3.8) is 0 Å². The SMILES string of the molecule is CCC1CCC(C#N)(CCl)C1. The maximum absolute atomic E-state index is 8.90. The first-order valence-electron chi connectivity index (χ1n) is 4.23. The molecule has 0 bridgehead atoms. The first-order chi connectivity index (χ1) is 5.26. The van der Waals surface area contributed by atoms with E-state index in [4.69, 9.17) is 16.9 Å². The third-order valence-electron chi connectivity index (χ3n) is 2.78. The molecular formula is C9H14ClN. The minimum Gasteiger partial charge on any atom is -0.198 e. The highest BCUT2D eigenvalue weighted by molar-refractivity contribution is 6.18. The Kier molecular flexibility index (Phi) is 2.78. The summed E-state index contributed by atoms with van der Waals surface area (Å²) in [4.78, 5) is 0. The summed E-state index contributed by atoms with van der Waals surface area (Å²) < 4.78 is 0. The second-order valence-corrected chi connectivity index (χ2v) is 3.81. The summed E-state index contributed by atoms with van der Waals surface area (Å²) >= 11 is 5.76. The van der Waals surface area contributed by atoms with E-state index in [2.05, 4.69) is 13.0 Å². The van der Waals surface area contributed by atoms with Gasteiger partial charge in [0.2, 0.25) is 0 Å². The zero-order chi connectivity index (χ0) is 8.32. The Bertz CT molecular complexity index is 173. The molecule has 0 aromatic carbocycles. The van der Waals surface area contributed by atoms with Crippen LogP contribution in [0.5, 0.6) is 0 Å². The molecule has 0 aliphatic heterocycles. The topological polar surface area (TPSA) is 23.8 Å². The monoisotopic (exact) mass is 171 g/mol. The fraction of sp³-hybridized carbons (Fsp3) is 0.889. The van der Waals surface area contributed by atoms with Crippen molar-refractivity contribution in [2.45, 2.75) is 32.6 Å². The summed E-state index contributed by atoms with van der Waals surface area (Å²) in [6.45, 7) is 2.19. The van der Waals surface area contributed by atoms with Crippen molar-refractivity contribution in [3.8, 4) is 6.07 Å². The molecule has 1 saturated carbocycles.